The quantitative estimate of drug-likeness (QED) is 0.159. The van der Waals surface area contributed by atoms with Gasteiger partial charge in [-0.1, -0.05) is 42.5 Å². The maximum atomic E-state index is 13.2. The molecule has 2 heterocycles. The van der Waals surface area contributed by atoms with E-state index in [0.29, 0.717) is 34.3 Å². The molecule has 36 heavy (non-hydrogen) atoms. The molecule has 9 heteroatoms. The normalized spacial score (nSPS) is 11.4. The lowest BCUT2D eigenvalue weighted by Crippen LogP contribution is -2.25. The summed E-state index contributed by atoms with van der Waals surface area (Å²) in [5.74, 6) is -0.765. The lowest BCUT2D eigenvalue weighted by molar-refractivity contribution is 0.0955. The molecule has 0 fully saturated rings. The fourth-order valence-corrected chi connectivity index (χ4v) is 3.96. The minimum absolute atomic E-state index is 0.0973. The van der Waals surface area contributed by atoms with Crippen molar-refractivity contribution in [3.05, 3.63) is 89.5 Å². The number of rotatable bonds is 7. The van der Waals surface area contributed by atoms with Crippen LogP contribution in [0.5, 0.6) is 11.5 Å². The molecule has 0 aliphatic heterocycles. The second kappa shape index (κ2) is 9.75. The number of phenolic OH excluding ortho intramolecular Hbond substituents is 2. The number of carbonyl (C=O) groups is 1. The number of para-hydroxylation sites is 2. The summed E-state index contributed by atoms with van der Waals surface area (Å²) >= 11 is 0. The largest absolute Gasteiger partial charge is 0.504 e. The molecule has 5 N–H and O–H groups in total. The van der Waals surface area contributed by atoms with Crippen molar-refractivity contribution in [2.45, 2.75) is 12.8 Å². The summed E-state index contributed by atoms with van der Waals surface area (Å²) in [5, 5.41) is 26.7. The zero-order valence-electron chi connectivity index (χ0n) is 19.3. The third kappa shape index (κ3) is 4.54. The molecule has 180 valence electrons. The molecule has 9 nitrogen and oxygen atoms in total. The topological polar surface area (TPSA) is 139 Å². The third-order valence-corrected chi connectivity index (χ3v) is 5.79. The second-order valence-corrected chi connectivity index (χ2v) is 8.29. The van der Waals surface area contributed by atoms with Gasteiger partial charge in [0.2, 0.25) is 0 Å². The van der Waals surface area contributed by atoms with Crippen molar-refractivity contribution in [2.24, 2.45) is 5.10 Å². The van der Waals surface area contributed by atoms with Crippen molar-refractivity contribution in [3.8, 4) is 11.5 Å². The number of nitrogens with two attached hydrogens (primary N) is 1. The Hall–Kier alpha value is -4.92. The summed E-state index contributed by atoms with van der Waals surface area (Å²) in [6.07, 6.45) is 3.06. The van der Waals surface area contributed by atoms with E-state index >= 15 is 0 Å². The molecule has 5 aromatic rings. The molecule has 5 rings (SSSR count). The number of hydrogen-bond acceptors (Lipinski definition) is 7. The predicted molar refractivity (Wildman–Crippen MR) is 139 cm³/mol. The monoisotopic (exact) mass is 480 g/mol. The van der Waals surface area contributed by atoms with E-state index < -0.39 is 0 Å². The molecule has 0 bridgehead atoms. The van der Waals surface area contributed by atoms with Crippen molar-refractivity contribution >= 4 is 40.1 Å². The molecule has 0 radical (unpaired) electrons. The van der Waals surface area contributed by atoms with Gasteiger partial charge in [-0.05, 0) is 54.3 Å². The van der Waals surface area contributed by atoms with E-state index in [-0.39, 0.29) is 28.8 Å². The van der Waals surface area contributed by atoms with Crippen LogP contribution in [0, 0.1) is 0 Å². The van der Waals surface area contributed by atoms with Crippen molar-refractivity contribution in [1.82, 2.24) is 20.0 Å². The van der Waals surface area contributed by atoms with E-state index in [1.165, 1.54) is 28.6 Å². The van der Waals surface area contributed by atoms with E-state index in [1.54, 1.807) is 6.07 Å². The van der Waals surface area contributed by atoms with Gasteiger partial charge in [0, 0.05) is 6.54 Å². The number of phenols is 2. The van der Waals surface area contributed by atoms with E-state index in [1.807, 2.05) is 42.5 Å². The van der Waals surface area contributed by atoms with Gasteiger partial charge in [-0.2, -0.15) is 9.78 Å². The number of hydrogen-bond donors (Lipinski definition) is 4. The molecule has 0 saturated heterocycles. The fourth-order valence-electron chi connectivity index (χ4n) is 3.96. The average Bonchev–Trinajstić information content (AvgIpc) is 3.16. The number of anilines is 1. The smallest absolute Gasteiger partial charge is 0.257 e. The minimum Gasteiger partial charge on any atom is -0.504 e. The number of nitrogens with zero attached hydrogens (tertiary/aromatic N) is 4. The number of aromatic hydroxyl groups is 2. The third-order valence-electron chi connectivity index (χ3n) is 5.79. The lowest BCUT2D eigenvalue weighted by atomic mass is 10.1. The number of aryl methyl sites for hydroxylation is 1. The first-order chi connectivity index (χ1) is 17.5. The summed E-state index contributed by atoms with van der Waals surface area (Å²) in [5.41, 5.74) is 10.3. The van der Waals surface area contributed by atoms with Gasteiger partial charge >= 0.3 is 0 Å². The van der Waals surface area contributed by atoms with Crippen LogP contribution >= 0.6 is 0 Å². The Morgan fingerprint density at radius 2 is 1.69 bits per heavy atom. The molecular weight excluding hydrogens is 456 g/mol. The summed E-state index contributed by atoms with van der Waals surface area (Å²) in [6, 6.07) is 21.7. The van der Waals surface area contributed by atoms with E-state index in [2.05, 4.69) is 32.5 Å². The summed E-state index contributed by atoms with van der Waals surface area (Å²) in [7, 11) is 0. The zero-order valence-corrected chi connectivity index (χ0v) is 19.3. The highest BCUT2D eigenvalue weighted by Gasteiger charge is 2.23. The molecule has 1 amide bonds. The first kappa shape index (κ1) is 22.9. The summed E-state index contributed by atoms with van der Waals surface area (Å²) in [6.45, 7) is 0.469. The molecule has 0 aliphatic rings. The second-order valence-electron chi connectivity index (χ2n) is 8.29. The van der Waals surface area contributed by atoms with Crippen LogP contribution in [0.15, 0.2) is 77.9 Å². The van der Waals surface area contributed by atoms with Crippen LogP contribution < -0.4 is 11.1 Å². The van der Waals surface area contributed by atoms with Gasteiger partial charge in [0.15, 0.2) is 17.1 Å². The highest BCUT2D eigenvalue weighted by Crippen LogP contribution is 2.28. The average molecular weight is 481 g/mol. The van der Waals surface area contributed by atoms with Crippen LogP contribution in [0.3, 0.4) is 0 Å². The number of aromatic nitrogens is 3. The molecule has 0 spiro atoms. The number of carbonyl (C=O) groups excluding carboxylic acids is 1. The van der Waals surface area contributed by atoms with Crippen LogP contribution in [-0.4, -0.2) is 43.5 Å². The van der Waals surface area contributed by atoms with Crippen LogP contribution in [0.25, 0.3) is 22.2 Å². The molecule has 0 atom stereocenters. The molecule has 0 unspecified atom stereocenters. The maximum absolute atomic E-state index is 13.2. The van der Waals surface area contributed by atoms with Gasteiger partial charge in [-0.3, -0.25) is 4.79 Å². The number of amides is 1. The minimum atomic E-state index is -0.355. The molecular formula is C27H24N6O3. The van der Waals surface area contributed by atoms with Gasteiger partial charge in [-0.25, -0.2) is 9.97 Å². The SMILES string of the molecule is Nc1c(C(=O)NCCCc2ccccc2)c2nc3ccccc3nc2n1/N=C/c1ccc(O)c(O)c1. The highest BCUT2D eigenvalue weighted by molar-refractivity contribution is 6.10. The predicted octanol–water partition coefficient (Wildman–Crippen LogP) is 3.82. The van der Waals surface area contributed by atoms with Crippen LogP contribution in [0.2, 0.25) is 0 Å². The zero-order chi connectivity index (χ0) is 25.1. The van der Waals surface area contributed by atoms with Crippen molar-refractivity contribution in [2.75, 3.05) is 12.3 Å². The number of fused-ring (bicyclic) bond motifs is 2. The van der Waals surface area contributed by atoms with Crippen LogP contribution in [-0.2, 0) is 6.42 Å². The number of nitrogen functional groups attached to an aromatic ring is 1. The van der Waals surface area contributed by atoms with Crippen molar-refractivity contribution in [1.29, 1.82) is 0 Å². The first-order valence-electron chi connectivity index (χ1n) is 11.5. The van der Waals surface area contributed by atoms with Gasteiger partial charge in [-0.15, -0.1) is 0 Å². The first-order valence-corrected chi connectivity index (χ1v) is 11.5. The highest BCUT2D eigenvalue weighted by atomic mass is 16.3. The Morgan fingerprint density at radius 3 is 2.44 bits per heavy atom. The van der Waals surface area contributed by atoms with E-state index in [4.69, 9.17) is 5.73 Å². The van der Waals surface area contributed by atoms with Crippen LogP contribution in [0.1, 0.15) is 27.9 Å². The Balaban J connectivity index is 1.48. The van der Waals surface area contributed by atoms with Gasteiger partial charge in [0.1, 0.15) is 16.9 Å². The van der Waals surface area contributed by atoms with Crippen LogP contribution in [0.4, 0.5) is 5.82 Å². The van der Waals surface area contributed by atoms with Crippen molar-refractivity contribution < 1.29 is 15.0 Å². The van der Waals surface area contributed by atoms with Gasteiger partial charge in [0.25, 0.3) is 5.91 Å². The summed E-state index contributed by atoms with van der Waals surface area (Å²) in [4.78, 5) is 22.5. The fraction of sp³-hybridized carbons (Fsp3) is 0.111. The van der Waals surface area contributed by atoms with Crippen molar-refractivity contribution in [3.63, 3.8) is 0 Å². The number of nitrogens with one attached hydrogen (secondary N) is 1. The van der Waals surface area contributed by atoms with Gasteiger partial charge in [0.05, 0.1) is 17.2 Å². The Kier molecular flexibility index (Phi) is 6.19. The Bertz CT molecular complexity index is 1590. The lowest BCUT2D eigenvalue weighted by Gasteiger charge is -2.06. The number of benzene rings is 3. The Labute approximate surface area is 206 Å². The molecule has 0 saturated carbocycles. The Morgan fingerprint density at radius 1 is 0.972 bits per heavy atom. The maximum Gasteiger partial charge on any atom is 0.257 e. The standard InChI is InChI=1S/C27H24N6O3/c28-25-23(27(36)29-14-6-9-17-7-2-1-3-8-17)24-26(32-20-11-5-4-10-19(20)31-24)33(25)30-16-18-12-13-21(34)22(35)15-18/h1-5,7-8,10-13,15-16,34-35H,6,9,14,28H2,(H,29,36)/b30-16+. The molecule has 3 aromatic carbocycles. The summed E-state index contributed by atoms with van der Waals surface area (Å²) < 4.78 is 1.36. The van der Waals surface area contributed by atoms with E-state index in [9.17, 15) is 15.0 Å². The van der Waals surface area contributed by atoms with Gasteiger partial charge < -0.3 is 21.3 Å². The molecule has 0 aliphatic carbocycles. The van der Waals surface area contributed by atoms with E-state index in [0.717, 1.165) is 12.8 Å². The molecule has 2 aromatic heterocycles.